The topological polar surface area (TPSA) is 46.3 Å². The Hall–Kier alpha value is -1.51. The third kappa shape index (κ3) is 3.49. The average molecular weight is 248 g/mol. The molecule has 0 aliphatic carbocycles. The molecule has 0 heterocycles. The van der Waals surface area contributed by atoms with Gasteiger partial charge in [0.2, 0.25) is 5.91 Å². The second-order valence-electron chi connectivity index (χ2n) is 5.02. The number of nitrogens with zero attached hydrogens (tertiary/aromatic N) is 1. The molecule has 100 valence electrons. The van der Waals surface area contributed by atoms with Crippen LogP contribution >= 0.6 is 0 Å². The maximum Gasteiger partial charge on any atom is 0.230 e. The minimum absolute atomic E-state index is 0.137. The van der Waals surface area contributed by atoms with Gasteiger partial charge in [0.05, 0.1) is 5.92 Å². The number of hydrogen-bond donors (Lipinski definition) is 1. The van der Waals surface area contributed by atoms with E-state index in [-0.39, 0.29) is 17.9 Å². The molecule has 0 radical (unpaired) electrons. The Labute approximate surface area is 110 Å². The maximum absolute atomic E-state index is 12.5. The summed E-state index contributed by atoms with van der Waals surface area (Å²) in [4.78, 5) is 14.4. The number of hydrogen-bond acceptors (Lipinski definition) is 2. The number of carbonyl (C=O) groups is 1. The van der Waals surface area contributed by atoms with Crippen LogP contribution in [-0.2, 0) is 4.79 Å². The van der Waals surface area contributed by atoms with Crippen LogP contribution in [0.15, 0.2) is 24.3 Å². The van der Waals surface area contributed by atoms with E-state index in [0.717, 1.165) is 18.5 Å². The van der Waals surface area contributed by atoms with Crippen molar-refractivity contribution in [2.45, 2.75) is 46.1 Å². The van der Waals surface area contributed by atoms with E-state index in [9.17, 15) is 4.79 Å². The predicted molar refractivity (Wildman–Crippen MR) is 76.4 cm³/mol. The average Bonchev–Trinajstić information content (AvgIpc) is 2.33. The van der Waals surface area contributed by atoms with Crippen LogP contribution in [-0.4, -0.2) is 23.4 Å². The van der Waals surface area contributed by atoms with Crippen molar-refractivity contribution in [3.8, 4) is 0 Å². The number of rotatable bonds is 5. The van der Waals surface area contributed by atoms with Crippen LogP contribution in [0.3, 0.4) is 0 Å². The van der Waals surface area contributed by atoms with Gasteiger partial charge in [-0.05, 0) is 44.9 Å². The van der Waals surface area contributed by atoms with Gasteiger partial charge in [0.15, 0.2) is 0 Å². The summed E-state index contributed by atoms with van der Waals surface area (Å²) in [5.74, 6) is 0.0416. The fourth-order valence-corrected chi connectivity index (χ4v) is 2.08. The highest BCUT2D eigenvalue weighted by Gasteiger charge is 2.23. The molecule has 1 rings (SSSR count). The van der Waals surface area contributed by atoms with Gasteiger partial charge < -0.3 is 10.6 Å². The zero-order valence-electron chi connectivity index (χ0n) is 11.8. The lowest BCUT2D eigenvalue weighted by Crippen LogP contribution is -2.40. The first-order valence-electron chi connectivity index (χ1n) is 6.63. The Kier molecular flexibility index (Phi) is 5.20. The van der Waals surface area contributed by atoms with E-state index in [1.807, 2.05) is 36.1 Å². The van der Waals surface area contributed by atoms with Gasteiger partial charge in [-0.1, -0.05) is 19.1 Å². The highest BCUT2D eigenvalue weighted by Crippen LogP contribution is 2.21. The molecule has 0 aromatic heterocycles. The van der Waals surface area contributed by atoms with Crippen LogP contribution < -0.4 is 5.73 Å². The second kappa shape index (κ2) is 6.43. The largest absolute Gasteiger partial charge is 0.399 e. The van der Waals surface area contributed by atoms with Crippen molar-refractivity contribution in [3.63, 3.8) is 0 Å². The number of nitrogen functional groups attached to an aromatic ring is 1. The first-order valence-corrected chi connectivity index (χ1v) is 6.63. The predicted octanol–water partition coefficient (Wildman–Crippen LogP) is 3.02. The molecule has 1 atom stereocenters. The number of anilines is 1. The zero-order chi connectivity index (χ0) is 13.7. The monoisotopic (exact) mass is 248 g/mol. The van der Waals surface area contributed by atoms with Crippen LogP contribution in [0.25, 0.3) is 0 Å². The summed E-state index contributed by atoms with van der Waals surface area (Å²) in [5.41, 5.74) is 7.46. The zero-order valence-corrected chi connectivity index (χ0v) is 11.8. The van der Waals surface area contributed by atoms with Crippen LogP contribution in [0.1, 0.15) is 45.6 Å². The molecular weight excluding hydrogens is 224 g/mol. The maximum atomic E-state index is 12.5. The van der Waals surface area contributed by atoms with Gasteiger partial charge in [0.1, 0.15) is 0 Å². The van der Waals surface area contributed by atoms with Gasteiger partial charge in [0.25, 0.3) is 0 Å². The molecule has 1 amide bonds. The summed E-state index contributed by atoms with van der Waals surface area (Å²) in [6, 6.07) is 7.82. The fraction of sp³-hybridized carbons (Fsp3) is 0.533. The molecular formula is C15H24N2O. The highest BCUT2D eigenvalue weighted by molar-refractivity contribution is 5.83. The molecule has 3 heteroatoms. The Morgan fingerprint density at radius 2 is 2.00 bits per heavy atom. The third-order valence-corrected chi connectivity index (χ3v) is 3.15. The lowest BCUT2D eigenvalue weighted by Gasteiger charge is -2.29. The van der Waals surface area contributed by atoms with Crippen molar-refractivity contribution in [2.75, 3.05) is 12.3 Å². The van der Waals surface area contributed by atoms with Crippen LogP contribution in [0.4, 0.5) is 5.69 Å². The summed E-state index contributed by atoms with van der Waals surface area (Å²) in [6.45, 7) is 8.96. The number of carbonyl (C=O) groups excluding carboxylic acids is 1. The molecule has 0 aliphatic heterocycles. The number of amides is 1. The normalized spacial score (nSPS) is 12.5. The van der Waals surface area contributed by atoms with Crippen LogP contribution in [0.2, 0.25) is 0 Å². The molecule has 0 aliphatic rings. The lowest BCUT2D eigenvalue weighted by atomic mass is 9.98. The van der Waals surface area contributed by atoms with Gasteiger partial charge >= 0.3 is 0 Å². The molecule has 3 nitrogen and oxygen atoms in total. The summed E-state index contributed by atoms with van der Waals surface area (Å²) in [7, 11) is 0. The fourth-order valence-electron chi connectivity index (χ4n) is 2.08. The lowest BCUT2D eigenvalue weighted by molar-refractivity contribution is -0.134. The number of nitrogens with two attached hydrogens (primary N) is 1. The van der Waals surface area contributed by atoms with Gasteiger partial charge in [-0.25, -0.2) is 0 Å². The molecule has 18 heavy (non-hydrogen) atoms. The van der Waals surface area contributed by atoms with E-state index in [2.05, 4.69) is 20.8 Å². The first-order chi connectivity index (χ1) is 8.47. The van der Waals surface area contributed by atoms with Crippen molar-refractivity contribution in [1.82, 2.24) is 4.90 Å². The molecule has 2 N–H and O–H groups in total. The van der Waals surface area contributed by atoms with Gasteiger partial charge in [0, 0.05) is 18.3 Å². The van der Waals surface area contributed by atoms with Crippen molar-refractivity contribution >= 4 is 11.6 Å². The molecule has 1 unspecified atom stereocenters. The van der Waals surface area contributed by atoms with E-state index in [0.29, 0.717) is 5.69 Å². The molecule has 0 fully saturated rings. The highest BCUT2D eigenvalue weighted by atomic mass is 16.2. The summed E-state index contributed by atoms with van der Waals surface area (Å²) in [5, 5.41) is 0. The molecule has 1 aromatic carbocycles. The standard InChI is InChI=1S/C15H24N2O/c1-5-9-17(11(2)3)15(18)12(4)13-7-6-8-14(16)10-13/h6-8,10-12H,5,9,16H2,1-4H3. The Balaban J connectivity index is 2.88. The number of benzene rings is 1. The molecule has 0 saturated carbocycles. The van der Waals surface area contributed by atoms with E-state index < -0.39 is 0 Å². The van der Waals surface area contributed by atoms with E-state index in [4.69, 9.17) is 5.73 Å². The summed E-state index contributed by atoms with van der Waals surface area (Å²) in [6.07, 6.45) is 0.980. The third-order valence-electron chi connectivity index (χ3n) is 3.15. The molecule has 0 saturated heterocycles. The Bertz CT molecular complexity index is 401. The second-order valence-corrected chi connectivity index (χ2v) is 5.02. The van der Waals surface area contributed by atoms with Crippen LogP contribution in [0, 0.1) is 0 Å². The van der Waals surface area contributed by atoms with Crippen molar-refractivity contribution in [2.24, 2.45) is 0 Å². The van der Waals surface area contributed by atoms with Crippen molar-refractivity contribution in [1.29, 1.82) is 0 Å². The molecule has 1 aromatic rings. The first kappa shape index (κ1) is 14.6. The van der Waals surface area contributed by atoms with E-state index >= 15 is 0 Å². The summed E-state index contributed by atoms with van der Waals surface area (Å²) < 4.78 is 0. The van der Waals surface area contributed by atoms with Gasteiger partial charge in [-0.15, -0.1) is 0 Å². The molecule has 0 spiro atoms. The van der Waals surface area contributed by atoms with E-state index in [1.54, 1.807) is 0 Å². The van der Waals surface area contributed by atoms with E-state index in [1.165, 1.54) is 0 Å². The van der Waals surface area contributed by atoms with Crippen molar-refractivity contribution in [3.05, 3.63) is 29.8 Å². The SMILES string of the molecule is CCCN(C(=O)C(C)c1cccc(N)c1)C(C)C. The smallest absolute Gasteiger partial charge is 0.230 e. The molecule has 0 bridgehead atoms. The van der Waals surface area contributed by atoms with Gasteiger partial charge in [-0.3, -0.25) is 4.79 Å². The Morgan fingerprint density at radius 1 is 1.33 bits per heavy atom. The van der Waals surface area contributed by atoms with Crippen molar-refractivity contribution < 1.29 is 4.79 Å². The quantitative estimate of drug-likeness (QED) is 0.814. The summed E-state index contributed by atoms with van der Waals surface area (Å²) >= 11 is 0. The minimum Gasteiger partial charge on any atom is -0.399 e. The van der Waals surface area contributed by atoms with Gasteiger partial charge in [-0.2, -0.15) is 0 Å². The van der Waals surface area contributed by atoms with Crippen LogP contribution in [0.5, 0.6) is 0 Å². The Morgan fingerprint density at radius 3 is 2.50 bits per heavy atom. The minimum atomic E-state index is -0.137.